The highest BCUT2D eigenvalue weighted by Crippen LogP contribution is 2.13. The van der Waals surface area contributed by atoms with Crippen LogP contribution in [0.25, 0.3) is 0 Å². The van der Waals surface area contributed by atoms with Crippen molar-refractivity contribution in [3.05, 3.63) is 65.5 Å². The first-order chi connectivity index (χ1) is 13.4. The van der Waals surface area contributed by atoms with Gasteiger partial charge < -0.3 is 15.4 Å². The van der Waals surface area contributed by atoms with Gasteiger partial charge in [0.1, 0.15) is 17.6 Å². The van der Waals surface area contributed by atoms with Crippen LogP contribution in [-0.2, 0) is 11.2 Å². The first-order valence-electron chi connectivity index (χ1n) is 9.47. The normalized spacial score (nSPS) is 11.8. The van der Waals surface area contributed by atoms with E-state index in [0.29, 0.717) is 36.4 Å². The summed E-state index contributed by atoms with van der Waals surface area (Å²) >= 11 is 0. The predicted molar refractivity (Wildman–Crippen MR) is 107 cm³/mol. The van der Waals surface area contributed by atoms with Gasteiger partial charge >= 0.3 is 0 Å². The van der Waals surface area contributed by atoms with Crippen molar-refractivity contribution in [2.75, 3.05) is 13.2 Å². The summed E-state index contributed by atoms with van der Waals surface area (Å²) in [6.45, 7) is 6.45. The number of benzene rings is 2. The van der Waals surface area contributed by atoms with E-state index in [9.17, 15) is 14.0 Å². The number of nitrogens with one attached hydrogen (secondary N) is 2. The highest BCUT2D eigenvalue weighted by molar-refractivity contribution is 5.97. The molecule has 0 spiro atoms. The lowest BCUT2D eigenvalue weighted by atomic mass is 10.0. The van der Waals surface area contributed by atoms with E-state index in [1.807, 2.05) is 20.8 Å². The summed E-state index contributed by atoms with van der Waals surface area (Å²) in [5.74, 6) is -0.317. The zero-order valence-electron chi connectivity index (χ0n) is 16.5. The number of rotatable bonds is 9. The second-order valence-corrected chi connectivity index (χ2v) is 6.78. The Bertz CT molecular complexity index is 791. The van der Waals surface area contributed by atoms with Gasteiger partial charge in [0, 0.05) is 12.1 Å². The zero-order chi connectivity index (χ0) is 20.5. The van der Waals surface area contributed by atoms with Gasteiger partial charge in [-0.3, -0.25) is 9.59 Å². The van der Waals surface area contributed by atoms with Crippen molar-refractivity contribution in [3.8, 4) is 5.75 Å². The minimum absolute atomic E-state index is 0.0971. The molecule has 0 aromatic heterocycles. The Morgan fingerprint density at radius 2 is 1.75 bits per heavy atom. The van der Waals surface area contributed by atoms with E-state index in [0.717, 1.165) is 0 Å². The Morgan fingerprint density at radius 1 is 1.07 bits per heavy atom. The van der Waals surface area contributed by atoms with Gasteiger partial charge in [-0.15, -0.1) is 0 Å². The Labute approximate surface area is 165 Å². The van der Waals surface area contributed by atoms with Crippen LogP contribution in [0.3, 0.4) is 0 Å². The van der Waals surface area contributed by atoms with Crippen molar-refractivity contribution in [2.24, 2.45) is 5.92 Å². The third-order valence-corrected chi connectivity index (χ3v) is 4.31. The van der Waals surface area contributed by atoms with Crippen LogP contribution in [-0.4, -0.2) is 31.0 Å². The van der Waals surface area contributed by atoms with Crippen molar-refractivity contribution in [1.82, 2.24) is 10.6 Å². The third kappa shape index (κ3) is 6.08. The largest absolute Gasteiger partial charge is 0.494 e. The molecule has 5 nitrogen and oxygen atoms in total. The lowest BCUT2D eigenvalue weighted by molar-refractivity contribution is -0.123. The zero-order valence-corrected chi connectivity index (χ0v) is 16.5. The summed E-state index contributed by atoms with van der Waals surface area (Å²) in [7, 11) is 0. The van der Waals surface area contributed by atoms with Crippen molar-refractivity contribution in [3.63, 3.8) is 0 Å². The van der Waals surface area contributed by atoms with Crippen LogP contribution in [0.4, 0.5) is 4.39 Å². The molecule has 0 saturated carbocycles. The van der Waals surface area contributed by atoms with Crippen LogP contribution in [0.5, 0.6) is 5.75 Å². The molecular formula is C22H27FN2O3. The van der Waals surface area contributed by atoms with Gasteiger partial charge in [-0.05, 0) is 55.2 Å². The van der Waals surface area contributed by atoms with Gasteiger partial charge in [-0.1, -0.05) is 32.0 Å². The predicted octanol–water partition coefficient (Wildman–Crippen LogP) is 3.34. The Morgan fingerprint density at radius 3 is 2.36 bits per heavy atom. The monoisotopic (exact) mass is 386 g/mol. The molecule has 2 N–H and O–H groups in total. The molecule has 2 aromatic rings. The van der Waals surface area contributed by atoms with Gasteiger partial charge in [0.05, 0.1) is 6.61 Å². The number of hydrogen-bond donors (Lipinski definition) is 2. The van der Waals surface area contributed by atoms with E-state index in [4.69, 9.17) is 4.74 Å². The molecule has 0 fully saturated rings. The molecule has 0 radical (unpaired) electrons. The molecule has 0 aliphatic rings. The standard InChI is InChI=1S/C22H27FN2O3/c1-4-28-18-11-9-17(10-12-18)21(26)25-20(15(2)3)22(27)24-14-13-16-7-5-6-8-19(16)23/h5-12,15,20H,4,13-14H2,1-3H3,(H,24,27)(H,25,26)/t20-/m0/s1. The van der Waals surface area contributed by atoms with Crippen LogP contribution >= 0.6 is 0 Å². The van der Waals surface area contributed by atoms with Crippen molar-refractivity contribution in [1.29, 1.82) is 0 Å². The molecular weight excluding hydrogens is 359 g/mol. The first kappa shape index (κ1) is 21.4. The maximum absolute atomic E-state index is 13.7. The highest BCUT2D eigenvalue weighted by atomic mass is 19.1. The lowest BCUT2D eigenvalue weighted by Crippen LogP contribution is -2.50. The van der Waals surface area contributed by atoms with Gasteiger partial charge in [0.25, 0.3) is 5.91 Å². The fourth-order valence-corrected chi connectivity index (χ4v) is 2.76. The number of carbonyl (C=O) groups excluding carboxylic acids is 2. The van der Waals surface area contributed by atoms with Gasteiger partial charge in [0.2, 0.25) is 5.91 Å². The molecule has 6 heteroatoms. The van der Waals surface area contributed by atoms with Crippen molar-refractivity contribution in [2.45, 2.75) is 33.2 Å². The van der Waals surface area contributed by atoms with E-state index >= 15 is 0 Å². The van der Waals surface area contributed by atoms with Gasteiger partial charge in [-0.2, -0.15) is 0 Å². The molecule has 28 heavy (non-hydrogen) atoms. The number of hydrogen-bond acceptors (Lipinski definition) is 3. The van der Waals surface area contributed by atoms with Crippen molar-refractivity contribution < 1.29 is 18.7 Å². The summed E-state index contributed by atoms with van der Waals surface area (Å²) in [6.07, 6.45) is 0.385. The minimum Gasteiger partial charge on any atom is -0.494 e. The number of ether oxygens (including phenoxy) is 1. The lowest BCUT2D eigenvalue weighted by Gasteiger charge is -2.22. The number of amides is 2. The van der Waals surface area contributed by atoms with Crippen LogP contribution in [0.2, 0.25) is 0 Å². The van der Waals surface area contributed by atoms with Gasteiger partial charge in [0.15, 0.2) is 0 Å². The Balaban J connectivity index is 1.93. The van der Waals surface area contributed by atoms with Gasteiger partial charge in [-0.25, -0.2) is 4.39 Å². The molecule has 2 amide bonds. The van der Waals surface area contributed by atoms with Crippen LogP contribution in [0.15, 0.2) is 48.5 Å². The quantitative estimate of drug-likeness (QED) is 0.695. The Kier molecular flexibility index (Phi) is 7.99. The molecule has 1 atom stereocenters. The van der Waals surface area contributed by atoms with Crippen LogP contribution in [0.1, 0.15) is 36.7 Å². The maximum Gasteiger partial charge on any atom is 0.251 e. The first-order valence-corrected chi connectivity index (χ1v) is 9.47. The number of carbonyl (C=O) groups is 2. The maximum atomic E-state index is 13.7. The number of halogens is 1. The molecule has 2 aromatic carbocycles. The fourth-order valence-electron chi connectivity index (χ4n) is 2.76. The average molecular weight is 386 g/mol. The van der Waals surface area contributed by atoms with E-state index < -0.39 is 6.04 Å². The molecule has 0 aliphatic heterocycles. The molecule has 0 aliphatic carbocycles. The van der Waals surface area contributed by atoms with Crippen LogP contribution < -0.4 is 15.4 Å². The second kappa shape index (κ2) is 10.4. The van der Waals surface area contributed by atoms with E-state index in [-0.39, 0.29) is 23.5 Å². The summed E-state index contributed by atoms with van der Waals surface area (Å²) in [6, 6.07) is 12.5. The highest BCUT2D eigenvalue weighted by Gasteiger charge is 2.24. The molecule has 150 valence electrons. The summed E-state index contributed by atoms with van der Waals surface area (Å²) in [4.78, 5) is 25.0. The molecule has 0 saturated heterocycles. The summed E-state index contributed by atoms with van der Waals surface area (Å²) < 4.78 is 19.0. The SMILES string of the molecule is CCOc1ccc(C(=O)N[C@H](C(=O)NCCc2ccccc2F)C(C)C)cc1. The minimum atomic E-state index is -0.681. The molecule has 0 unspecified atom stereocenters. The molecule has 0 heterocycles. The van der Waals surface area contributed by atoms with Crippen molar-refractivity contribution >= 4 is 11.8 Å². The summed E-state index contributed by atoms with van der Waals surface area (Å²) in [5, 5.41) is 5.56. The second-order valence-electron chi connectivity index (χ2n) is 6.78. The van der Waals surface area contributed by atoms with E-state index in [2.05, 4.69) is 10.6 Å². The summed E-state index contributed by atoms with van der Waals surface area (Å²) in [5.41, 5.74) is 0.996. The molecule has 2 rings (SSSR count). The fraction of sp³-hybridized carbons (Fsp3) is 0.364. The molecule has 0 bridgehead atoms. The van der Waals surface area contributed by atoms with E-state index in [1.165, 1.54) is 6.07 Å². The topological polar surface area (TPSA) is 67.4 Å². The van der Waals surface area contributed by atoms with Crippen LogP contribution in [0, 0.1) is 11.7 Å². The Hall–Kier alpha value is -2.89. The average Bonchev–Trinajstić information content (AvgIpc) is 2.68. The smallest absolute Gasteiger partial charge is 0.251 e. The third-order valence-electron chi connectivity index (χ3n) is 4.31. The van der Waals surface area contributed by atoms with E-state index in [1.54, 1.807) is 42.5 Å².